The first-order valence-corrected chi connectivity index (χ1v) is 7.52. The summed E-state index contributed by atoms with van der Waals surface area (Å²) in [5.74, 6) is 0. The van der Waals surface area contributed by atoms with E-state index in [1.165, 1.54) is 6.20 Å². The Kier molecular flexibility index (Phi) is 4.43. The van der Waals surface area contributed by atoms with Crippen LogP contribution in [0.1, 0.15) is 23.7 Å². The zero-order valence-corrected chi connectivity index (χ0v) is 11.6. The largest absolute Gasteiger partial charge is 0.469 e. The highest BCUT2D eigenvalue weighted by Gasteiger charge is 2.36. The Morgan fingerprint density at radius 1 is 1.55 bits per heavy atom. The Hall–Kier alpha value is -1.02. The van der Waals surface area contributed by atoms with E-state index in [4.69, 9.17) is 14.5 Å². The molecule has 0 spiro atoms. The quantitative estimate of drug-likeness (QED) is 0.575. The number of phosphoric ester groups is 1. The summed E-state index contributed by atoms with van der Waals surface area (Å²) in [6.45, 7) is 1.26. The Labute approximate surface area is 114 Å². The molecule has 1 aliphatic heterocycles. The van der Waals surface area contributed by atoms with Crippen LogP contribution in [0.15, 0.2) is 17.1 Å². The molecule has 4 N–H and O–H groups in total. The van der Waals surface area contributed by atoms with Gasteiger partial charge in [0.25, 0.3) is 5.56 Å². The van der Waals surface area contributed by atoms with E-state index in [2.05, 4.69) is 9.51 Å². The number of aryl methyl sites for hydroxylation is 1. The molecule has 20 heavy (non-hydrogen) atoms. The topological polar surface area (TPSA) is 129 Å². The van der Waals surface area contributed by atoms with Gasteiger partial charge in [0.15, 0.2) is 0 Å². The Balaban J connectivity index is 2.04. The summed E-state index contributed by atoms with van der Waals surface area (Å²) in [5, 5.41) is 9.81. The Morgan fingerprint density at radius 3 is 2.85 bits per heavy atom. The number of hydrogen-bond acceptors (Lipinski definition) is 5. The summed E-state index contributed by atoms with van der Waals surface area (Å²) in [4.78, 5) is 31.1. The van der Waals surface area contributed by atoms with E-state index in [9.17, 15) is 14.5 Å². The minimum absolute atomic E-state index is 0.200. The van der Waals surface area contributed by atoms with Crippen LogP contribution in [0.3, 0.4) is 0 Å². The molecular formula is C11H16NO7P. The van der Waals surface area contributed by atoms with Gasteiger partial charge in [-0.15, -0.1) is 0 Å². The van der Waals surface area contributed by atoms with Crippen LogP contribution < -0.4 is 5.56 Å². The summed E-state index contributed by atoms with van der Waals surface area (Å²) >= 11 is 0. The first-order chi connectivity index (χ1) is 9.26. The van der Waals surface area contributed by atoms with Crippen molar-refractivity contribution in [3.8, 4) is 0 Å². The summed E-state index contributed by atoms with van der Waals surface area (Å²) in [5.41, 5.74) is 1.02. The number of rotatable bonds is 4. The lowest BCUT2D eigenvalue weighted by Gasteiger charge is -2.15. The van der Waals surface area contributed by atoms with Gasteiger partial charge in [-0.3, -0.25) is 9.32 Å². The van der Waals surface area contributed by atoms with E-state index in [0.717, 1.165) is 0 Å². The van der Waals surface area contributed by atoms with Gasteiger partial charge in [-0.25, -0.2) is 4.57 Å². The van der Waals surface area contributed by atoms with Gasteiger partial charge in [-0.2, -0.15) is 0 Å². The van der Waals surface area contributed by atoms with Gasteiger partial charge in [0, 0.05) is 18.2 Å². The lowest BCUT2D eigenvalue weighted by atomic mass is 10.1. The minimum atomic E-state index is -4.59. The van der Waals surface area contributed by atoms with E-state index in [1.54, 1.807) is 13.0 Å². The molecule has 2 rings (SSSR count). The lowest BCUT2D eigenvalue weighted by Crippen LogP contribution is -2.25. The van der Waals surface area contributed by atoms with Crippen LogP contribution in [0.2, 0.25) is 0 Å². The van der Waals surface area contributed by atoms with E-state index in [1.807, 2.05) is 0 Å². The van der Waals surface area contributed by atoms with E-state index in [0.29, 0.717) is 11.1 Å². The van der Waals surface area contributed by atoms with Crippen molar-refractivity contribution < 1.29 is 28.7 Å². The monoisotopic (exact) mass is 305 g/mol. The summed E-state index contributed by atoms with van der Waals surface area (Å²) < 4.78 is 20.5. The number of aromatic amines is 1. The van der Waals surface area contributed by atoms with Crippen LogP contribution in [0.4, 0.5) is 0 Å². The number of ether oxygens (including phenoxy) is 1. The van der Waals surface area contributed by atoms with Gasteiger partial charge in [-0.05, 0) is 18.6 Å². The number of nitrogens with one attached hydrogen (secondary N) is 1. The molecule has 1 aromatic rings. The van der Waals surface area contributed by atoms with Crippen LogP contribution >= 0.6 is 7.82 Å². The van der Waals surface area contributed by atoms with Crippen molar-refractivity contribution in [3.63, 3.8) is 0 Å². The minimum Gasteiger partial charge on any atom is -0.390 e. The molecule has 112 valence electrons. The van der Waals surface area contributed by atoms with E-state index in [-0.39, 0.29) is 12.0 Å². The molecule has 1 fully saturated rings. The van der Waals surface area contributed by atoms with Crippen molar-refractivity contribution in [1.29, 1.82) is 0 Å². The molecule has 0 bridgehead atoms. The molecular weight excluding hydrogens is 289 g/mol. The molecule has 1 aromatic heterocycles. The number of aliphatic hydroxyl groups is 1. The van der Waals surface area contributed by atoms with Crippen molar-refractivity contribution in [3.05, 3.63) is 33.7 Å². The highest BCUT2D eigenvalue weighted by molar-refractivity contribution is 7.46. The SMILES string of the molecule is Cc1cc(C2CC(O)C(COP(=O)(O)O)O2)c[nH]c1=O. The fourth-order valence-corrected chi connectivity index (χ4v) is 2.41. The number of aromatic nitrogens is 1. The second kappa shape index (κ2) is 5.77. The summed E-state index contributed by atoms with van der Waals surface area (Å²) in [6, 6.07) is 1.66. The van der Waals surface area contributed by atoms with Crippen molar-refractivity contribution in [2.45, 2.75) is 31.7 Å². The molecule has 0 aliphatic carbocycles. The van der Waals surface area contributed by atoms with Gasteiger partial charge in [0.2, 0.25) is 0 Å². The van der Waals surface area contributed by atoms with Crippen LogP contribution in [0, 0.1) is 6.92 Å². The first kappa shape index (κ1) is 15.4. The van der Waals surface area contributed by atoms with Crippen molar-refractivity contribution in [2.75, 3.05) is 6.61 Å². The third-order valence-electron chi connectivity index (χ3n) is 3.11. The molecule has 9 heteroatoms. The van der Waals surface area contributed by atoms with Crippen LogP contribution in [0.5, 0.6) is 0 Å². The average molecular weight is 305 g/mol. The Morgan fingerprint density at radius 2 is 2.25 bits per heavy atom. The normalized spacial score (nSPS) is 26.9. The van der Waals surface area contributed by atoms with E-state index >= 15 is 0 Å². The molecule has 8 nitrogen and oxygen atoms in total. The van der Waals surface area contributed by atoms with Gasteiger partial charge >= 0.3 is 7.82 Å². The molecule has 2 heterocycles. The zero-order valence-electron chi connectivity index (χ0n) is 10.7. The predicted octanol–water partition coefficient (Wildman–Crippen LogP) is -0.0165. The Bertz CT molecular complexity index is 580. The maximum atomic E-state index is 11.3. The first-order valence-electron chi connectivity index (χ1n) is 5.99. The second-order valence-electron chi connectivity index (χ2n) is 4.70. The van der Waals surface area contributed by atoms with Crippen molar-refractivity contribution >= 4 is 7.82 Å². The predicted molar refractivity (Wildman–Crippen MR) is 68.0 cm³/mol. The second-order valence-corrected chi connectivity index (χ2v) is 5.94. The fraction of sp³-hybridized carbons (Fsp3) is 0.545. The van der Waals surface area contributed by atoms with Crippen molar-refractivity contribution in [1.82, 2.24) is 4.98 Å². The number of hydrogen-bond donors (Lipinski definition) is 4. The standard InChI is InChI=1S/C11H16NO7P/c1-6-2-7(4-12-11(6)14)9-3-8(13)10(19-9)5-18-20(15,16)17/h2,4,8-10,13H,3,5H2,1H3,(H,12,14)(H2,15,16,17). The van der Waals surface area contributed by atoms with Crippen LogP contribution in [-0.2, 0) is 13.8 Å². The smallest absolute Gasteiger partial charge is 0.390 e. The molecule has 1 aliphatic rings. The lowest BCUT2D eigenvalue weighted by molar-refractivity contribution is -0.0222. The number of H-pyrrole nitrogens is 1. The summed E-state index contributed by atoms with van der Waals surface area (Å²) in [6.07, 6.45) is -0.399. The van der Waals surface area contributed by atoms with Crippen molar-refractivity contribution in [2.24, 2.45) is 0 Å². The highest BCUT2D eigenvalue weighted by Crippen LogP contribution is 2.39. The fourth-order valence-electron chi connectivity index (χ4n) is 2.07. The molecule has 3 atom stereocenters. The maximum Gasteiger partial charge on any atom is 0.469 e. The molecule has 1 saturated heterocycles. The van der Waals surface area contributed by atoms with Gasteiger partial charge < -0.3 is 24.6 Å². The number of phosphoric acid groups is 1. The molecule has 0 saturated carbocycles. The van der Waals surface area contributed by atoms with Gasteiger partial charge in [-0.1, -0.05) is 0 Å². The third kappa shape index (κ3) is 3.76. The van der Waals surface area contributed by atoms with Gasteiger partial charge in [0.1, 0.15) is 6.10 Å². The van der Waals surface area contributed by atoms with Crippen LogP contribution in [0.25, 0.3) is 0 Å². The zero-order chi connectivity index (χ0) is 14.9. The highest BCUT2D eigenvalue weighted by atomic mass is 31.2. The molecule has 0 aromatic carbocycles. The summed E-state index contributed by atoms with van der Waals surface area (Å²) in [7, 11) is -4.59. The molecule has 3 unspecified atom stereocenters. The average Bonchev–Trinajstić information content (AvgIpc) is 2.71. The third-order valence-corrected chi connectivity index (χ3v) is 3.60. The molecule has 0 radical (unpaired) electrons. The maximum absolute atomic E-state index is 11.3. The number of pyridine rings is 1. The molecule has 0 amide bonds. The van der Waals surface area contributed by atoms with Gasteiger partial charge in [0.05, 0.1) is 18.8 Å². The van der Waals surface area contributed by atoms with E-state index < -0.39 is 32.7 Å². The van der Waals surface area contributed by atoms with Crippen LogP contribution in [-0.4, -0.2) is 38.7 Å². The number of aliphatic hydroxyl groups excluding tert-OH is 1.